The lowest BCUT2D eigenvalue weighted by atomic mass is 10.1. The molecule has 0 saturated carbocycles. The highest BCUT2D eigenvalue weighted by atomic mass is 16.5. The normalized spacial score (nSPS) is 10.6. The van der Waals surface area contributed by atoms with Crippen LogP contribution in [0.2, 0.25) is 0 Å². The number of nitrogens with two attached hydrogens (primary N) is 1. The summed E-state index contributed by atoms with van der Waals surface area (Å²) in [6, 6.07) is 10.7. The van der Waals surface area contributed by atoms with Gasteiger partial charge < -0.3 is 24.9 Å². The molecule has 124 valence electrons. The Hall–Kier alpha value is -3.15. The SMILES string of the molecule is COc1cc2[nH]c(-c3ccccc3OC)c(N)c(=O)c2cc1OC. The van der Waals surface area contributed by atoms with E-state index >= 15 is 0 Å². The zero-order chi connectivity index (χ0) is 17.3. The molecule has 0 aliphatic heterocycles. The van der Waals surface area contributed by atoms with E-state index in [-0.39, 0.29) is 11.1 Å². The van der Waals surface area contributed by atoms with E-state index in [1.165, 1.54) is 7.11 Å². The summed E-state index contributed by atoms with van der Waals surface area (Å²) in [5, 5.41) is 0.434. The molecule has 1 heterocycles. The first kappa shape index (κ1) is 15.7. The summed E-state index contributed by atoms with van der Waals surface area (Å²) in [6.45, 7) is 0. The van der Waals surface area contributed by atoms with Gasteiger partial charge in [-0.05, 0) is 18.2 Å². The second kappa shape index (κ2) is 6.16. The number of ether oxygens (including phenoxy) is 3. The maximum Gasteiger partial charge on any atom is 0.213 e. The molecule has 0 fully saturated rings. The molecule has 0 radical (unpaired) electrons. The molecule has 1 aromatic heterocycles. The third-order valence-corrected chi connectivity index (χ3v) is 3.92. The van der Waals surface area contributed by atoms with Gasteiger partial charge in [-0.3, -0.25) is 4.79 Å². The zero-order valence-electron chi connectivity index (χ0n) is 13.7. The molecule has 24 heavy (non-hydrogen) atoms. The van der Waals surface area contributed by atoms with Crippen molar-refractivity contribution in [2.24, 2.45) is 0 Å². The minimum Gasteiger partial charge on any atom is -0.496 e. The Balaban J connectivity index is 2.35. The standard InChI is InChI=1S/C18H18N2O4/c1-22-13-7-5-4-6-10(13)17-16(19)18(21)11-8-14(23-2)15(24-3)9-12(11)20-17/h4-9H,19H2,1-3H3,(H,20,21). The number of hydrogen-bond donors (Lipinski definition) is 2. The fraction of sp³-hybridized carbons (Fsp3) is 0.167. The van der Waals surface area contributed by atoms with Crippen LogP contribution in [-0.2, 0) is 0 Å². The van der Waals surface area contributed by atoms with Crippen LogP contribution in [0.5, 0.6) is 17.2 Å². The minimum absolute atomic E-state index is 0.124. The highest BCUT2D eigenvalue weighted by Gasteiger charge is 2.16. The van der Waals surface area contributed by atoms with Crippen LogP contribution in [0.3, 0.4) is 0 Å². The van der Waals surface area contributed by atoms with Crippen molar-refractivity contribution >= 4 is 16.6 Å². The number of para-hydroxylation sites is 1. The van der Waals surface area contributed by atoms with Crippen LogP contribution in [0.1, 0.15) is 0 Å². The van der Waals surface area contributed by atoms with E-state index in [1.54, 1.807) is 26.4 Å². The smallest absolute Gasteiger partial charge is 0.213 e. The van der Waals surface area contributed by atoms with Gasteiger partial charge in [0.25, 0.3) is 0 Å². The lowest BCUT2D eigenvalue weighted by molar-refractivity contribution is 0.356. The summed E-state index contributed by atoms with van der Waals surface area (Å²) in [4.78, 5) is 15.9. The average Bonchev–Trinajstić information content (AvgIpc) is 2.63. The first-order valence-corrected chi connectivity index (χ1v) is 7.31. The molecule has 0 spiro atoms. The maximum atomic E-state index is 12.7. The summed E-state index contributed by atoms with van der Waals surface area (Å²) in [6.07, 6.45) is 0. The van der Waals surface area contributed by atoms with Gasteiger partial charge in [-0.15, -0.1) is 0 Å². The highest BCUT2D eigenvalue weighted by Crippen LogP contribution is 2.35. The van der Waals surface area contributed by atoms with Gasteiger partial charge in [-0.2, -0.15) is 0 Å². The predicted molar refractivity (Wildman–Crippen MR) is 94.1 cm³/mol. The third kappa shape index (κ3) is 2.42. The Bertz CT molecular complexity index is 963. The molecule has 0 atom stereocenters. The Labute approximate surface area is 138 Å². The number of rotatable bonds is 4. The number of H-pyrrole nitrogens is 1. The second-order valence-corrected chi connectivity index (χ2v) is 5.20. The number of hydrogen-bond acceptors (Lipinski definition) is 5. The van der Waals surface area contributed by atoms with E-state index in [9.17, 15) is 4.79 Å². The molecule has 0 aliphatic rings. The molecule has 0 amide bonds. The van der Waals surface area contributed by atoms with Gasteiger partial charge >= 0.3 is 0 Å². The Kier molecular flexibility index (Phi) is 4.04. The number of methoxy groups -OCH3 is 3. The van der Waals surface area contributed by atoms with Crippen molar-refractivity contribution in [3.8, 4) is 28.5 Å². The lowest BCUT2D eigenvalue weighted by Crippen LogP contribution is -2.12. The quantitative estimate of drug-likeness (QED) is 0.770. The first-order valence-electron chi connectivity index (χ1n) is 7.31. The fourth-order valence-corrected chi connectivity index (χ4v) is 2.69. The van der Waals surface area contributed by atoms with Gasteiger partial charge in [0.2, 0.25) is 5.43 Å². The maximum absolute atomic E-state index is 12.7. The van der Waals surface area contributed by atoms with Crippen LogP contribution in [0.15, 0.2) is 41.2 Å². The van der Waals surface area contributed by atoms with Gasteiger partial charge in [0.15, 0.2) is 11.5 Å². The largest absolute Gasteiger partial charge is 0.496 e. The van der Waals surface area contributed by atoms with Crippen molar-refractivity contribution in [1.82, 2.24) is 4.98 Å². The van der Waals surface area contributed by atoms with E-state index in [0.29, 0.717) is 39.4 Å². The van der Waals surface area contributed by atoms with Crippen molar-refractivity contribution in [2.45, 2.75) is 0 Å². The minimum atomic E-state index is -0.273. The molecule has 3 aromatic rings. The molecule has 0 aliphatic carbocycles. The Morgan fingerprint density at radius 3 is 2.21 bits per heavy atom. The topological polar surface area (TPSA) is 86.6 Å². The van der Waals surface area contributed by atoms with Gasteiger partial charge in [-0.25, -0.2) is 0 Å². The van der Waals surface area contributed by atoms with Crippen LogP contribution in [-0.4, -0.2) is 26.3 Å². The summed E-state index contributed by atoms with van der Waals surface area (Å²) >= 11 is 0. The number of aromatic nitrogens is 1. The number of fused-ring (bicyclic) bond motifs is 1. The number of aromatic amines is 1. The number of nitrogens with one attached hydrogen (secondary N) is 1. The van der Waals surface area contributed by atoms with Crippen LogP contribution in [0.4, 0.5) is 5.69 Å². The molecule has 6 nitrogen and oxygen atoms in total. The molecule has 2 aromatic carbocycles. The number of anilines is 1. The zero-order valence-corrected chi connectivity index (χ0v) is 13.7. The molecule has 0 saturated heterocycles. The average molecular weight is 326 g/mol. The van der Waals surface area contributed by atoms with Crippen LogP contribution in [0, 0.1) is 0 Å². The van der Waals surface area contributed by atoms with Crippen LogP contribution < -0.4 is 25.4 Å². The van der Waals surface area contributed by atoms with Crippen molar-refractivity contribution < 1.29 is 14.2 Å². The van der Waals surface area contributed by atoms with E-state index in [2.05, 4.69) is 4.98 Å². The van der Waals surface area contributed by atoms with Crippen molar-refractivity contribution in [3.63, 3.8) is 0 Å². The van der Waals surface area contributed by atoms with Gasteiger partial charge in [0.1, 0.15) is 11.4 Å². The van der Waals surface area contributed by atoms with Crippen molar-refractivity contribution in [2.75, 3.05) is 27.1 Å². The Morgan fingerprint density at radius 2 is 1.54 bits per heavy atom. The third-order valence-electron chi connectivity index (χ3n) is 3.92. The fourth-order valence-electron chi connectivity index (χ4n) is 2.69. The second-order valence-electron chi connectivity index (χ2n) is 5.20. The lowest BCUT2D eigenvalue weighted by Gasteiger charge is -2.14. The molecule has 0 unspecified atom stereocenters. The van der Waals surface area contributed by atoms with E-state index in [0.717, 1.165) is 0 Å². The molecule has 3 N–H and O–H groups in total. The van der Waals surface area contributed by atoms with E-state index in [4.69, 9.17) is 19.9 Å². The molecule has 6 heteroatoms. The molecular weight excluding hydrogens is 308 g/mol. The van der Waals surface area contributed by atoms with E-state index in [1.807, 2.05) is 24.3 Å². The molecular formula is C18H18N2O4. The van der Waals surface area contributed by atoms with Gasteiger partial charge in [-0.1, -0.05) is 12.1 Å². The van der Waals surface area contributed by atoms with Crippen molar-refractivity contribution in [1.29, 1.82) is 0 Å². The first-order chi connectivity index (χ1) is 11.6. The monoisotopic (exact) mass is 326 g/mol. The molecule has 0 bridgehead atoms. The van der Waals surface area contributed by atoms with Crippen LogP contribution in [0.25, 0.3) is 22.2 Å². The highest BCUT2D eigenvalue weighted by molar-refractivity contribution is 5.91. The van der Waals surface area contributed by atoms with Gasteiger partial charge in [0, 0.05) is 11.6 Å². The van der Waals surface area contributed by atoms with Gasteiger partial charge in [0.05, 0.1) is 37.9 Å². The Morgan fingerprint density at radius 1 is 0.917 bits per heavy atom. The summed E-state index contributed by atoms with van der Waals surface area (Å²) in [5.41, 5.74) is 7.78. The van der Waals surface area contributed by atoms with Crippen LogP contribution >= 0.6 is 0 Å². The van der Waals surface area contributed by atoms with Crippen molar-refractivity contribution in [3.05, 3.63) is 46.6 Å². The number of pyridine rings is 1. The number of nitrogen functional groups attached to an aromatic ring is 1. The summed E-state index contributed by atoms with van der Waals surface area (Å²) in [5.74, 6) is 1.62. The molecule has 3 rings (SSSR count). The predicted octanol–water partition coefficient (Wildman–Crippen LogP) is 2.80. The van der Waals surface area contributed by atoms with E-state index < -0.39 is 0 Å². The number of benzene rings is 2. The summed E-state index contributed by atoms with van der Waals surface area (Å²) in [7, 11) is 4.63. The summed E-state index contributed by atoms with van der Waals surface area (Å²) < 4.78 is 15.9.